The summed E-state index contributed by atoms with van der Waals surface area (Å²) in [4.78, 5) is 24.4. The van der Waals surface area contributed by atoms with Crippen molar-refractivity contribution in [3.8, 4) is 23.0 Å². The highest BCUT2D eigenvalue weighted by atomic mass is 16.6. The molecule has 0 fully saturated rings. The van der Waals surface area contributed by atoms with E-state index in [0.29, 0.717) is 35.8 Å². The van der Waals surface area contributed by atoms with E-state index in [1.165, 1.54) is 13.2 Å². The Labute approximate surface area is 205 Å². The van der Waals surface area contributed by atoms with Gasteiger partial charge in [-0.3, -0.25) is 10.1 Å². The second kappa shape index (κ2) is 10.9. The Kier molecular flexibility index (Phi) is 8.22. The number of carbonyl (C=O) groups excluding carboxylic acids is 1. The number of carbonyl (C=O) groups is 1. The van der Waals surface area contributed by atoms with Gasteiger partial charge in [-0.15, -0.1) is 0 Å². The van der Waals surface area contributed by atoms with E-state index in [9.17, 15) is 20.0 Å². The summed E-state index contributed by atoms with van der Waals surface area (Å²) in [7, 11) is 1.40. The summed E-state index contributed by atoms with van der Waals surface area (Å²) in [5.74, 6) is 0.542. The number of esters is 1. The summed E-state index contributed by atoms with van der Waals surface area (Å²) >= 11 is 0. The Morgan fingerprint density at radius 2 is 1.91 bits per heavy atom. The third kappa shape index (κ3) is 5.67. The van der Waals surface area contributed by atoms with Gasteiger partial charge in [-0.05, 0) is 49.8 Å². The number of ether oxygens (including phenoxy) is 4. The molecule has 1 heterocycles. The van der Waals surface area contributed by atoms with Crippen molar-refractivity contribution in [1.82, 2.24) is 0 Å². The number of cyclic esters (lactones) is 1. The molecule has 0 amide bonds. The number of aryl methyl sites for hydroxylation is 1. The summed E-state index contributed by atoms with van der Waals surface area (Å²) in [5, 5.41) is 22.6. The van der Waals surface area contributed by atoms with Crippen LogP contribution in [0.15, 0.2) is 18.2 Å². The van der Waals surface area contributed by atoms with E-state index in [0.717, 1.165) is 6.42 Å². The van der Waals surface area contributed by atoms with E-state index in [2.05, 4.69) is 13.8 Å². The smallest absolute Gasteiger partial charge is 0.346 e. The largest absolute Gasteiger partial charge is 0.495 e. The van der Waals surface area contributed by atoms with Crippen LogP contribution in [0.25, 0.3) is 0 Å². The number of nitrogens with zero attached hydrogens (tertiary/aromatic N) is 1. The number of aliphatic hydroxyl groups is 1. The van der Waals surface area contributed by atoms with Crippen LogP contribution in [-0.2, 0) is 11.3 Å². The highest BCUT2D eigenvalue weighted by molar-refractivity contribution is 5.97. The van der Waals surface area contributed by atoms with Gasteiger partial charge in [0.15, 0.2) is 11.5 Å². The third-order valence-electron chi connectivity index (χ3n) is 5.81. The van der Waals surface area contributed by atoms with Crippen molar-refractivity contribution < 1.29 is 33.8 Å². The van der Waals surface area contributed by atoms with Crippen molar-refractivity contribution in [3.63, 3.8) is 0 Å². The Balaban J connectivity index is 2.17. The molecule has 2 aromatic rings. The molecule has 0 bridgehead atoms. The molecule has 0 saturated carbocycles. The lowest BCUT2D eigenvalue weighted by atomic mass is 9.96. The molecular formula is C26H33NO8. The zero-order valence-electron chi connectivity index (χ0n) is 21.0. The van der Waals surface area contributed by atoms with Crippen LogP contribution in [0.5, 0.6) is 23.0 Å². The van der Waals surface area contributed by atoms with Gasteiger partial charge in [0.1, 0.15) is 29.2 Å². The molecule has 2 aromatic carbocycles. The van der Waals surface area contributed by atoms with Gasteiger partial charge < -0.3 is 24.1 Å². The van der Waals surface area contributed by atoms with Crippen molar-refractivity contribution in [2.45, 2.75) is 60.2 Å². The molecule has 0 spiro atoms. The fourth-order valence-electron chi connectivity index (χ4n) is 4.07. The number of benzene rings is 2. The van der Waals surface area contributed by atoms with Gasteiger partial charge in [-0.25, -0.2) is 4.79 Å². The lowest BCUT2D eigenvalue weighted by Crippen LogP contribution is -2.16. The van der Waals surface area contributed by atoms with Gasteiger partial charge in [0.25, 0.3) is 5.69 Å². The van der Waals surface area contributed by atoms with Gasteiger partial charge in [-0.2, -0.15) is 0 Å². The molecular weight excluding hydrogens is 454 g/mol. The van der Waals surface area contributed by atoms with Gasteiger partial charge in [-0.1, -0.05) is 27.7 Å². The van der Waals surface area contributed by atoms with Gasteiger partial charge in [0.2, 0.25) is 0 Å². The summed E-state index contributed by atoms with van der Waals surface area (Å²) in [6, 6.07) is 4.73. The van der Waals surface area contributed by atoms with E-state index in [1.54, 1.807) is 19.1 Å². The number of methoxy groups -OCH3 is 1. The lowest BCUT2D eigenvalue weighted by molar-refractivity contribution is -0.386. The first-order chi connectivity index (χ1) is 16.5. The average molecular weight is 488 g/mol. The summed E-state index contributed by atoms with van der Waals surface area (Å²) in [6.07, 6.45) is 0.383. The van der Waals surface area contributed by atoms with Crippen LogP contribution in [0.3, 0.4) is 0 Å². The number of rotatable bonds is 9. The second-order valence-corrected chi connectivity index (χ2v) is 9.52. The monoisotopic (exact) mass is 487 g/mol. The number of fused-ring (bicyclic) bond motifs is 2. The minimum absolute atomic E-state index is 0.00909. The van der Waals surface area contributed by atoms with E-state index in [1.807, 2.05) is 13.8 Å². The molecule has 35 heavy (non-hydrogen) atoms. The van der Waals surface area contributed by atoms with E-state index in [4.69, 9.17) is 18.9 Å². The molecule has 1 atom stereocenters. The number of nitro benzene ring substituents is 1. The first-order valence-electron chi connectivity index (χ1n) is 11.7. The molecule has 0 aromatic heterocycles. The van der Waals surface area contributed by atoms with Crippen molar-refractivity contribution in [2.75, 3.05) is 13.7 Å². The maximum Gasteiger partial charge on any atom is 0.346 e. The van der Waals surface area contributed by atoms with Gasteiger partial charge in [0, 0.05) is 11.1 Å². The van der Waals surface area contributed by atoms with Crippen molar-refractivity contribution >= 4 is 11.7 Å². The first kappa shape index (κ1) is 26.3. The number of nitro groups is 1. The number of hydrogen-bond donors (Lipinski definition) is 1. The summed E-state index contributed by atoms with van der Waals surface area (Å²) in [5.41, 5.74) is 0.748. The zero-order chi connectivity index (χ0) is 25.9. The lowest BCUT2D eigenvalue weighted by Gasteiger charge is -2.24. The minimum Gasteiger partial charge on any atom is -0.495 e. The van der Waals surface area contributed by atoms with Crippen molar-refractivity contribution in [2.24, 2.45) is 11.8 Å². The normalized spacial score (nSPS) is 13.8. The average Bonchev–Trinajstić information content (AvgIpc) is 2.76. The molecule has 1 aliphatic heterocycles. The summed E-state index contributed by atoms with van der Waals surface area (Å²) < 4.78 is 23.1. The predicted molar refractivity (Wildman–Crippen MR) is 129 cm³/mol. The predicted octanol–water partition coefficient (Wildman–Crippen LogP) is 5.88. The fourth-order valence-corrected chi connectivity index (χ4v) is 4.07. The van der Waals surface area contributed by atoms with Crippen LogP contribution in [0.2, 0.25) is 0 Å². The van der Waals surface area contributed by atoms with Crippen LogP contribution in [0.4, 0.5) is 5.69 Å². The molecule has 9 nitrogen and oxygen atoms in total. The minimum atomic E-state index is -0.862. The molecule has 9 heteroatoms. The molecule has 0 radical (unpaired) electrons. The van der Waals surface area contributed by atoms with Gasteiger partial charge in [0.05, 0.1) is 24.7 Å². The molecule has 1 N–H and O–H groups in total. The Morgan fingerprint density at radius 3 is 2.51 bits per heavy atom. The number of aliphatic hydroxyl groups excluding tert-OH is 1. The van der Waals surface area contributed by atoms with Crippen LogP contribution in [-0.4, -0.2) is 29.7 Å². The van der Waals surface area contributed by atoms with Crippen LogP contribution < -0.4 is 14.2 Å². The van der Waals surface area contributed by atoms with Crippen LogP contribution in [0.1, 0.15) is 73.7 Å². The standard InChI is InChI=1S/C26H33NO8/c1-14(2)9-10-33-21-12-16(5)23(27(30)31)18-13-34-26(29)22-20(35-24(18)21)8-7-17(25(22)32-6)19(28)11-15(3)4/h7-8,12,14-15,19,28H,9-11,13H2,1-6H3. The molecule has 0 aliphatic carbocycles. The summed E-state index contributed by atoms with van der Waals surface area (Å²) in [6.45, 7) is 9.71. The van der Waals surface area contributed by atoms with Crippen molar-refractivity contribution in [3.05, 3.63) is 50.6 Å². The Morgan fingerprint density at radius 1 is 1.20 bits per heavy atom. The topological polar surface area (TPSA) is 117 Å². The van der Waals surface area contributed by atoms with E-state index in [-0.39, 0.29) is 46.6 Å². The maximum atomic E-state index is 13.1. The zero-order valence-corrected chi connectivity index (χ0v) is 21.0. The molecule has 1 aliphatic rings. The highest BCUT2D eigenvalue weighted by Crippen LogP contribution is 2.47. The van der Waals surface area contributed by atoms with Crippen molar-refractivity contribution in [1.29, 1.82) is 0 Å². The quantitative estimate of drug-likeness (QED) is 0.265. The maximum absolute atomic E-state index is 13.1. The molecule has 1 unspecified atom stereocenters. The van der Waals surface area contributed by atoms with E-state index < -0.39 is 17.0 Å². The first-order valence-corrected chi connectivity index (χ1v) is 11.7. The number of hydrogen-bond acceptors (Lipinski definition) is 8. The highest BCUT2D eigenvalue weighted by Gasteiger charge is 2.34. The fraction of sp³-hybridized carbons (Fsp3) is 0.500. The van der Waals surface area contributed by atoms with Crippen LogP contribution in [0, 0.1) is 28.9 Å². The Bertz CT molecular complexity index is 1110. The SMILES string of the molecule is COc1c(C(O)CC(C)C)ccc2c1C(=O)OCc1c(c(OCCC(C)C)cc(C)c1[N+](=O)[O-])O2. The molecule has 190 valence electrons. The molecule has 0 saturated heterocycles. The second-order valence-electron chi connectivity index (χ2n) is 9.52. The van der Waals surface area contributed by atoms with Crippen LogP contribution >= 0.6 is 0 Å². The third-order valence-corrected chi connectivity index (χ3v) is 5.81. The van der Waals surface area contributed by atoms with Gasteiger partial charge >= 0.3 is 5.97 Å². The molecule has 3 rings (SSSR count). The Hall–Kier alpha value is -3.33. The van der Waals surface area contributed by atoms with E-state index >= 15 is 0 Å².